The van der Waals surface area contributed by atoms with Crippen molar-refractivity contribution in [2.24, 2.45) is 11.7 Å². The van der Waals surface area contributed by atoms with E-state index in [9.17, 15) is 9.59 Å². The highest BCUT2D eigenvalue weighted by molar-refractivity contribution is 5.80. The zero-order valence-electron chi connectivity index (χ0n) is 14.8. The Labute approximate surface area is 144 Å². The Hall–Kier alpha value is -1.88. The van der Waals surface area contributed by atoms with Crippen molar-refractivity contribution in [3.8, 4) is 0 Å². The number of likely N-dealkylation sites (tertiary alicyclic amines) is 1. The summed E-state index contributed by atoms with van der Waals surface area (Å²) in [6.07, 6.45) is 2.70. The molecule has 0 saturated carbocycles. The average molecular weight is 331 g/mol. The first-order chi connectivity index (χ1) is 11.5. The Morgan fingerprint density at radius 1 is 1.25 bits per heavy atom. The van der Waals surface area contributed by atoms with E-state index in [0.717, 1.165) is 24.8 Å². The van der Waals surface area contributed by atoms with Crippen LogP contribution in [0.1, 0.15) is 43.7 Å². The zero-order valence-corrected chi connectivity index (χ0v) is 14.8. The number of carbonyl (C=O) groups is 2. The second kappa shape index (κ2) is 8.83. The number of piperidine rings is 1. The predicted molar refractivity (Wildman–Crippen MR) is 95.2 cm³/mol. The van der Waals surface area contributed by atoms with Crippen molar-refractivity contribution < 1.29 is 9.59 Å². The molecule has 0 radical (unpaired) electrons. The highest BCUT2D eigenvalue weighted by Gasteiger charge is 2.26. The maximum absolute atomic E-state index is 12.3. The SMILES string of the molecule is Cc1ccc(CNC(=O)C2CCN(C(=O)CCC(C)N)CC2)cc1. The molecule has 2 amide bonds. The molecular formula is C19H29N3O2. The topological polar surface area (TPSA) is 75.4 Å². The summed E-state index contributed by atoms with van der Waals surface area (Å²) in [5.74, 6) is 0.261. The van der Waals surface area contributed by atoms with Crippen LogP contribution in [-0.4, -0.2) is 35.8 Å². The maximum Gasteiger partial charge on any atom is 0.223 e. The fourth-order valence-corrected chi connectivity index (χ4v) is 2.94. The monoisotopic (exact) mass is 331 g/mol. The van der Waals surface area contributed by atoms with Gasteiger partial charge in [-0.3, -0.25) is 9.59 Å². The fourth-order valence-electron chi connectivity index (χ4n) is 2.94. The number of benzene rings is 1. The van der Waals surface area contributed by atoms with Crippen LogP contribution in [0.4, 0.5) is 0 Å². The van der Waals surface area contributed by atoms with E-state index >= 15 is 0 Å². The maximum atomic E-state index is 12.3. The van der Waals surface area contributed by atoms with Gasteiger partial charge in [-0.1, -0.05) is 29.8 Å². The Balaban J connectivity index is 1.72. The summed E-state index contributed by atoms with van der Waals surface area (Å²) in [6, 6.07) is 8.23. The summed E-state index contributed by atoms with van der Waals surface area (Å²) in [5.41, 5.74) is 8.02. The fraction of sp³-hybridized carbons (Fsp3) is 0.579. The molecule has 1 aromatic rings. The highest BCUT2D eigenvalue weighted by Crippen LogP contribution is 2.18. The Morgan fingerprint density at radius 3 is 2.46 bits per heavy atom. The lowest BCUT2D eigenvalue weighted by atomic mass is 9.95. The van der Waals surface area contributed by atoms with Crippen LogP contribution in [-0.2, 0) is 16.1 Å². The lowest BCUT2D eigenvalue weighted by Crippen LogP contribution is -2.43. The summed E-state index contributed by atoms with van der Waals surface area (Å²) >= 11 is 0. The first-order valence-corrected chi connectivity index (χ1v) is 8.82. The van der Waals surface area contributed by atoms with Crippen LogP contribution >= 0.6 is 0 Å². The quantitative estimate of drug-likeness (QED) is 0.837. The third-order valence-corrected chi connectivity index (χ3v) is 4.62. The molecule has 1 unspecified atom stereocenters. The van der Waals surface area contributed by atoms with Crippen LogP contribution in [0.5, 0.6) is 0 Å². The molecule has 3 N–H and O–H groups in total. The molecule has 0 aliphatic carbocycles. The van der Waals surface area contributed by atoms with E-state index in [1.54, 1.807) is 0 Å². The van der Waals surface area contributed by atoms with Crippen LogP contribution < -0.4 is 11.1 Å². The molecule has 5 nitrogen and oxygen atoms in total. The number of carbonyl (C=O) groups excluding carboxylic acids is 2. The molecule has 0 spiro atoms. The van der Waals surface area contributed by atoms with Gasteiger partial charge in [-0.2, -0.15) is 0 Å². The summed E-state index contributed by atoms with van der Waals surface area (Å²) in [7, 11) is 0. The van der Waals surface area contributed by atoms with Crippen LogP contribution in [0.3, 0.4) is 0 Å². The first-order valence-electron chi connectivity index (χ1n) is 8.82. The molecule has 1 saturated heterocycles. The second-order valence-electron chi connectivity index (χ2n) is 6.87. The molecule has 24 heavy (non-hydrogen) atoms. The molecular weight excluding hydrogens is 302 g/mol. The minimum atomic E-state index is 0.00734. The Kier molecular flexibility index (Phi) is 6.79. The molecule has 1 aliphatic heterocycles. The van der Waals surface area contributed by atoms with E-state index < -0.39 is 0 Å². The average Bonchev–Trinajstić information content (AvgIpc) is 2.59. The molecule has 132 valence electrons. The van der Waals surface area contributed by atoms with E-state index in [4.69, 9.17) is 5.73 Å². The molecule has 1 fully saturated rings. The van der Waals surface area contributed by atoms with Gasteiger partial charge >= 0.3 is 0 Å². The molecule has 0 bridgehead atoms. The van der Waals surface area contributed by atoms with Gasteiger partial charge in [0.25, 0.3) is 0 Å². The molecule has 1 aliphatic rings. The van der Waals surface area contributed by atoms with Crippen molar-refractivity contribution in [1.29, 1.82) is 0 Å². The van der Waals surface area contributed by atoms with E-state index in [2.05, 4.69) is 5.32 Å². The standard InChI is InChI=1S/C19H29N3O2/c1-14-3-6-16(7-4-14)13-21-19(24)17-9-11-22(12-10-17)18(23)8-5-15(2)20/h3-4,6-7,15,17H,5,8-13,20H2,1-2H3,(H,21,24). The summed E-state index contributed by atoms with van der Waals surface area (Å²) in [4.78, 5) is 26.3. The lowest BCUT2D eigenvalue weighted by molar-refractivity contribution is -0.135. The van der Waals surface area contributed by atoms with Crippen molar-refractivity contribution in [3.05, 3.63) is 35.4 Å². The number of nitrogens with one attached hydrogen (secondary N) is 1. The van der Waals surface area contributed by atoms with Gasteiger partial charge in [0.1, 0.15) is 0 Å². The zero-order chi connectivity index (χ0) is 17.5. The first kappa shape index (κ1) is 18.5. The van der Waals surface area contributed by atoms with Crippen LogP contribution in [0.25, 0.3) is 0 Å². The number of nitrogens with zero attached hydrogens (tertiary/aromatic N) is 1. The minimum absolute atomic E-state index is 0.00734. The third-order valence-electron chi connectivity index (χ3n) is 4.62. The number of rotatable bonds is 6. The number of nitrogens with two attached hydrogens (primary N) is 1. The smallest absolute Gasteiger partial charge is 0.223 e. The number of hydrogen-bond acceptors (Lipinski definition) is 3. The van der Waals surface area contributed by atoms with Gasteiger partial charge in [0, 0.05) is 38.0 Å². The van der Waals surface area contributed by atoms with Crippen LogP contribution in [0.2, 0.25) is 0 Å². The molecule has 1 aromatic carbocycles. The largest absolute Gasteiger partial charge is 0.352 e. The highest BCUT2D eigenvalue weighted by atomic mass is 16.2. The normalized spacial score (nSPS) is 16.7. The number of amides is 2. The van der Waals surface area contributed by atoms with Gasteiger partial charge in [-0.25, -0.2) is 0 Å². The van der Waals surface area contributed by atoms with Gasteiger partial charge in [-0.15, -0.1) is 0 Å². The number of hydrogen-bond donors (Lipinski definition) is 2. The van der Waals surface area contributed by atoms with Gasteiger partial charge in [0.2, 0.25) is 11.8 Å². The van der Waals surface area contributed by atoms with Crippen molar-refractivity contribution in [1.82, 2.24) is 10.2 Å². The van der Waals surface area contributed by atoms with Crippen molar-refractivity contribution in [3.63, 3.8) is 0 Å². The third kappa shape index (κ3) is 5.64. The summed E-state index contributed by atoms with van der Waals surface area (Å²) in [5, 5.41) is 3.01. The van der Waals surface area contributed by atoms with Gasteiger partial charge in [0.05, 0.1) is 0 Å². The minimum Gasteiger partial charge on any atom is -0.352 e. The van der Waals surface area contributed by atoms with Crippen molar-refractivity contribution in [2.45, 2.75) is 52.1 Å². The van der Waals surface area contributed by atoms with Crippen LogP contribution in [0.15, 0.2) is 24.3 Å². The van der Waals surface area contributed by atoms with Crippen molar-refractivity contribution in [2.75, 3.05) is 13.1 Å². The van der Waals surface area contributed by atoms with Gasteiger partial charge in [-0.05, 0) is 38.7 Å². The van der Waals surface area contributed by atoms with E-state index in [-0.39, 0.29) is 23.8 Å². The molecule has 2 rings (SSSR count). The summed E-state index contributed by atoms with van der Waals surface area (Å²) < 4.78 is 0. The summed E-state index contributed by atoms with van der Waals surface area (Å²) in [6.45, 7) is 5.86. The van der Waals surface area contributed by atoms with E-state index in [1.807, 2.05) is 43.0 Å². The van der Waals surface area contributed by atoms with Gasteiger partial charge < -0.3 is 16.0 Å². The predicted octanol–water partition coefficient (Wildman–Crippen LogP) is 1.98. The second-order valence-corrected chi connectivity index (χ2v) is 6.87. The molecule has 0 aromatic heterocycles. The van der Waals surface area contributed by atoms with Crippen molar-refractivity contribution >= 4 is 11.8 Å². The molecule has 1 atom stereocenters. The molecule has 5 heteroatoms. The van der Waals surface area contributed by atoms with Gasteiger partial charge in [0.15, 0.2) is 0 Å². The number of aryl methyl sites for hydroxylation is 1. The Bertz CT molecular complexity index is 546. The molecule has 1 heterocycles. The Morgan fingerprint density at radius 2 is 1.88 bits per heavy atom. The van der Waals surface area contributed by atoms with E-state index in [0.29, 0.717) is 26.1 Å². The van der Waals surface area contributed by atoms with Crippen LogP contribution in [0, 0.1) is 12.8 Å². The lowest BCUT2D eigenvalue weighted by Gasteiger charge is -2.31. The van der Waals surface area contributed by atoms with E-state index in [1.165, 1.54) is 5.56 Å².